The highest BCUT2D eigenvalue weighted by atomic mass is 32.2. The number of carbonyl (C=O) groups excluding carboxylic acids is 3. The van der Waals surface area contributed by atoms with Crippen molar-refractivity contribution in [2.24, 2.45) is 23.7 Å². The number of ether oxygens (including phenoxy) is 3. The number of rotatable bonds is 13. The number of benzene rings is 2. The summed E-state index contributed by atoms with van der Waals surface area (Å²) < 4.78 is 70.9. The number of aliphatic hydroxyl groups excluding tert-OH is 1. The van der Waals surface area contributed by atoms with Crippen LogP contribution in [0.1, 0.15) is 103 Å². The van der Waals surface area contributed by atoms with E-state index in [0.717, 1.165) is 118 Å². The Labute approximate surface area is 376 Å². The molecule has 2 atom stereocenters. The largest absolute Gasteiger partial charge is 0.465 e. The van der Waals surface area contributed by atoms with E-state index in [-0.39, 0.29) is 43.0 Å². The summed E-state index contributed by atoms with van der Waals surface area (Å²) in [6, 6.07) is 10.4. The summed E-state index contributed by atoms with van der Waals surface area (Å²) >= 11 is 0. The number of aromatic nitrogens is 2. The molecule has 4 aromatic rings. The van der Waals surface area contributed by atoms with Gasteiger partial charge in [0.2, 0.25) is 26.0 Å². The molecule has 2 aliphatic carbocycles. The van der Waals surface area contributed by atoms with Crippen molar-refractivity contribution in [3.05, 3.63) is 70.0 Å². The van der Waals surface area contributed by atoms with Crippen molar-refractivity contribution in [1.29, 1.82) is 0 Å². The van der Waals surface area contributed by atoms with Gasteiger partial charge >= 0.3 is 5.97 Å². The molecule has 0 radical (unpaired) electrons. The van der Waals surface area contributed by atoms with E-state index in [1.807, 2.05) is 0 Å². The first-order valence-electron chi connectivity index (χ1n) is 23.0. The number of esters is 1. The zero-order valence-corrected chi connectivity index (χ0v) is 39.2. The normalized spacial score (nSPS) is 19.6. The summed E-state index contributed by atoms with van der Waals surface area (Å²) in [6.07, 6.45) is 9.23. The van der Waals surface area contributed by atoms with Crippen molar-refractivity contribution in [1.82, 2.24) is 18.2 Å². The number of nitrogens with zero attached hydrogens (tertiary/aromatic N) is 3. The van der Waals surface area contributed by atoms with Crippen LogP contribution < -0.4 is 5.32 Å². The van der Waals surface area contributed by atoms with Gasteiger partial charge in [-0.1, -0.05) is 0 Å². The molecule has 2 saturated heterocycles. The van der Waals surface area contributed by atoms with Crippen LogP contribution >= 0.6 is 0 Å². The highest BCUT2D eigenvalue weighted by Gasteiger charge is 2.36. The number of likely N-dealkylation sites (N-methyl/N-ethyl adjacent to an activating group) is 1. The van der Waals surface area contributed by atoms with E-state index in [1.54, 1.807) is 57.2 Å². The van der Waals surface area contributed by atoms with Gasteiger partial charge in [0.25, 0.3) is 5.91 Å². The molecule has 2 aliphatic heterocycles. The lowest BCUT2D eigenvalue weighted by Crippen LogP contribution is -2.41. The van der Waals surface area contributed by atoms with E-state index in [2.05, 4.69) is 5.32 Å². The van der Waals surface area contributed by atoms with Gasteiger partial charge in [0.15, 0.2) is 0 Å². The number of fused-ring (bicyclic) bond motifs is 6. The Morgan fingerprint density at radius 1 is 0.719 bits per heavy atom. The lowest BCUT2D eigenvalue weighted by molar-refractivity contribution is -0.121. The monoisotopic (exact) mass is 924 g/mol. The van der Waals surface area contributed by atoms with Crippen LogP contribution in [0.25, 0.3) is 21.8 Å². The summed E-state index contributed by atoms with van der Waals surface area (Å²) in [7, 11) is -5.58. The lowest BCUT2D eigenvalue weighted by Gasteiger charge is -2.33. The van der Waals surface area contributed by atoms with Crippen LogP contribution in [0.2, 0.25) is 0 Å². The molecule has 4 heterocycles. The second-order valence-electron chi connectivity index (χ2n) is 17.4. The second-order valence-corrected chi connectivity index (χ2v) is 21.6. The predicted molar refractivity (Wildman–Crippen MR) is 245 cm³/mol. The van der Waals surface area contributed by atoms with Crippen molar-refractivity contribution in [2.45, 2.75) is 85.0 Å². The smallest absolute Gasteiger partial charge is 0.337 e. The van der Waals surface area contributed by atoms with Gasteiger partial charge in [-0.2, -0.15) is 0 Å². The molecule has 2 N–H and O–H groups in total. The maximum atomic E-state index is 13.3. The molecule has 17 heteroatoms. The van der Waals surface area contributed by atoms with Crippen LogP contribution in [0.15, 0.2) is 36.4 Å². The Balaban J connectivity index is 0.000000197. The zero-order valence-electron chi connectivity index (χ0n) is 37.6. The number of aliphatic hydroxyl groups is 1. The molecular weight excluding hydrogens is 861 g/mol. The fraction of sp³-hybridized carbons (Fsp3) is 0.596. The Morgan fingerprint density at radius 3 is 1.62 bits per heavy atom. The Bertz CT molecular complexity index is 2570. The van der Waals surface area contributed by atoms with E-state index >= 15 is 0 Å². The fourth-order valence-corrected chi connectivity index (χ4v) is 13.0. The van der Waals surface area contributed by atoms with E-state index in [0.29, 0.717) is 58.8 Å². The van der Waals surface area contributed by atoms with Crippen LogP contribution in [-0.4, -0.2) is 124 Å². The molecule has 0 bridgehead atoms. The SMILES string of the molecule is CCN(CC(=O)NCCO)C(=O)c1ccc2c(c1)c1c(n2S(=O)(=O)CC)CC[C@@H](C2CCOCC2)C1.CCS(=O)(=O)n1c2c(c3cc(C(=O)OC)ccc31)C[C@H](C1CCOCC1)CC2. The number of methoxy groups -OCH3 is 1. The molecule has 350 valence electrons. The quantitative estimate of drug-likeness (QED) is 0.170. The summed E-state index contributed by atoms with van der Waals surface area (Å²) in [4.78, 5) is 39.0. The van der Waals surface area contributed by atoms with Crippen molar-refractivity contribution in [3.63, 3.8) is 0 Å². The molecule has 64 heavy (non-hydrogen) atoms. The van der Waals surface area contributed by atoms with Gasteiger partial charge in [0.1, 0.15) is 0 Å². The molecule has 2 amide bonds. The van der Waals surface area contributed by atoms with Crippen molar-refractivity contribution < 1.29 is 50.5 Å². The first kappa shape index (κ1) is 47.7. The molecule has 4 aliphatic rings. The van der Waals surface area contributed by atoms with Gasteiger partial charge in [-0.25, -0.2) is 29.6 Å². The molecular formula is C47H64N4O11S2. The van der Waals surface area contributed by atoms with Crippen LogP contribution in [0.4, 0.5) is 0 Å². The molecule has 0 saturated carbocycles. The Morgan fingerprint density at radius 2 is 1.19 bits per heavy atom. The van der Waals surface area contributed by atoms with E-state index < -0.39 is 26.0 Å². The van der Waals surface area contributed by atoms with Gasteiger partial charge in [-0.3, -0.25) is 9.59 Å². The molecule has 2 fully saturated rings. The molecule has 15 nitrogen and oxygen atoms in total. The number of hydrogen-bond acceptors (Lipinski definition) is 11. The summed E-state index contributed by atoms with van der Waals surface area (Å²) in [5.41, 5.74) is 6.03. The van der Waals surface area contributed by atoms with Crippen molar-refractivity contribution in [3.8, 4) is 0 Å². The second kappa shape index (κ2) is 20.5. The highest BCUT2D eigenvalue weighted by Crippen LogP contribution is 2.42. The highest BCUT2D eigenvalue weighted by molar-refractivity contribution is 7.90. The minimum atomic E-state index is -3.52. The van der Waals surface area contributed by atoms with Gasteiger partial charge in [-0.05, 0) is 156 Å². The maximum Gasteiger partial charge on any atom is 0.337 e. The lowest BCUT2D eigenvalue weighted by atomic mass is 9.75. The Hall–Kier alpha value is -4.29. The van der Waals surface area contributed by atoms with Crippen LogP contribution in [0, 0.1) is 23.7 Å². The minimum absolute atomic E-state index is 0.000140. The zero-order chi connectivity index (χ0) is 45.8. The van der Waals surface area contributed by atoms with E-state index in [9.17, 15) is 31.2 Å². The number of amides is 2. The van der Waals surface area contributed by atoms with Gasteiger partial charge in [0.05, 0.1) is 48.4 Å². The van der Waals surface area contributed by atoms with E-state index in [1.165, 1.54) is 20.0 Å². The molecule has 0 unspecified atom stereocenters. The van der Waals surface area contributed by atoms with Crippen LogP contribution in [-0.2, 0) is 64.7 Å². The average Bonchev–Trinajstić information content (AvgIpc) is 3.85. The topological polar surface area (TPSA) is 193 Å². The van der Waals surface area contributed by atoms with Gasteiger partial charge < -0.3 is 29.5 Å². The predicted octanol–water partition coefficient (Wildman–Crippen LogP) is 5.10. The van der Waals surface area contributed by atoms with Crippen molar-refractivity contribution in [2.75, 3.05) is 71.3 Å². The average molecular weight is 925 g/mol. The van der Waals surface area contributed by atoms with Gasteiger partial charge in [0, 0.05) is 67.2 Å². The Kier molecular flexibility index (Phi) is 15.3. The molecule has 2 aromatic heterocycles. The third-order valence-electron chi connectivity index (χ3n) is 14.0. The summed E-state index contributed by atoms with van der Waals surface area (Å²) in [5.74, 6) is 1.20. The third-order valence-corrected chi connectivity index (χ3v) is 17.4. The molecule has 8 rings (SSSR count). The summed E-state index contributed by atoms with van der Waals surface area (Å²) in [6.45, 7) is 8.51. The van der Waals surface area contributed by atoms with Gasteiger partial charge in [-0.15, -0.1) is 0 Å². The summed E-state index contributed by atoms with van der Waals surface area (Å²) in [5, 5.41) is 13.2. The van der Waals surface area contributed by atoms with Crippen molar-refractivity contribution >= 4 is 59.6 Å². The number of hydrogen-bond donors (Lipinski definition) is 2. The molecule has 0 spiro atoms. The number of carbonyl (C=O) groups is 3. The van der Waals surface area contributed by atoms with Crippen LogP contribution in [0.3, 0.4) is 0 Å². The first-order valence-corrected chi connectivity index (χ1v) is 26.2. The van der Waals surface area contributed by atoms with Crippen LogP contribution in [0.5, 0.6) is 0 Å². The third kappa shape index (κ3) is 9.79. The fourth-order valence-electron chi connectivity index (χ4n) is 10.5. The number of nitrogens with one attached hydrogen (secondary N) is 1. The minimum Gasteiger partial charge on any atom is -0.465 e. The van der Waals surface area contributed by atoms with E-state index in [4.69, 9.17) is 19.3 Å². The maximum absolute atomic E-state index is 13.3. The standard InChI is InChI=1S/C26H37N3O6S.C21H27NO5S/c1-3-28(17-25(31)27-11-12-30)26(32)20-6-8-24-22(16-20)21-15-19(18-9-13-35-14-10-18)5-7-23(21)29(24)36(33,34)4-2;1-3-28(24,25)22-19-6-4-15(14-8-10-27-11-9-14)12-17(19)18-13-16(21(23)26-2)5-7-20(18)22/h6,8,16,18-19,30H,3-5,7,9-15,17H2,1-2H3,(H,27,31);5,7,13-15H,3-4,6,8-12H2,1-2H3/t19-;15-/m11/s1. The first-order chi connectivity index (χ1) is 30.8. The molecule has 2 aromatic carbocycles.